The average molecular weight is 383 g/mol. The Kier molecular flexibility index (Phi) is 7.30. The van der Waals surface area contributed by atoms with E-state index in [9.17, 15) is 13.2 Å². The zero-order chi connectivity index (χ0) is 20.0. The van der Waals surface area contributed by atoms with E-state index in [1.807, 2.05) is 20.9 Å². The zero-order valence-corrected chi connectivity index (χ0v) is 16.4. The summed E-state index contributed by atoms with van der Waals surface area (Å²) in [5.74, 6) is 0.436. The van der Waals surface area contributed by atoms with Crippen LogP contribution in [0.4, 0.5) is 13.2 Å². The quantitative estimate of drug-likeness (QED) is 0.634. The molecule has 0 spiro atoms. The van der Waals surface area contributed by atoms with Gasteiger partial charge in [0, 0.05) is 17.7 Å². The molecule has 0 radical (unpaired) electrons. The Morgan fingerprint density at radius 3 is 2.59 bits per heavy atom. The Bertz CT molecular complexity index is 726. The first-order valence-electron chi connectivity index (χ1n) is 9.27. The molecule has 0 saturated heterocycles. The fourth-order valence-corrected chi connectivity index (χ4v) is 2.73. The molecule has 0 amide bonds. The first-order chi connectivity index (χ1) is 12.7. The molecule has 0 saturated carbocycles. The number of halogens is 3. The second kappa shape index (κ2) is 9.26. The number of unbranched alkanes of at least 4 members (excludes halogenated alkanes) is 1. The molecule has 0 atom stereocenters. The number of hydrogen-bond acceptors (Lipinski definition) is 3. The van der Waals surface area contributed by atoms with E-state index in [2.05, 4.69) is 22.0 Å². The van der Waals surface area contributed by atoms with Gasteiger partial charge in [0.05, 0.1) is 24.1 Å². The van der Waals surface area contributed by atoms with Gasteiger partial charge in [0.25, 0.3) is 0 Å². The lowest BCUT2D eigenvalue weighted by atomic mass is 10.0. The molecule has 0 bridgehead atoms. The van der Waals surface area contributed by atoms with Crippen LogP contribution in [0.1, 0.15) is 44.7 Å². The molecule has 4 nitrogen and oxygen atoms in total. The van der Waals surface area contributed by atoms with E-state index < -0.39 is 11.7 Å². The smallest absolute Gasteiger partial charge is 0.416 e. The van der Waals surface area contributed by atoms with Crippen molar-refractivity contribution in [2.75, 3.05) is 20.2 Å². The molecule has 0 unspecified atom stereocenters. The van der Waals surface area contributed by atoms with Gasteiger partial charge >= 0.3 is 6.18 Å². The third kappa shape index (κ3) is 6.27. The number of hydrogen-bond donors (Lipinski definition) is 1. The standard InChI is InChI=1S/C20H28F3N3O/c1-5-6-7-26(4)12-16-11-24-25-19(16)15-8-17(20(21,22)23)10-18(9-15)27-13-14(2)3/h8-11,14H,5-7,12-13H2,1-4H3,(H,24,25). The van der Waals surface area contributed by atoms with Gasteiger partial charge in [-0.2, -0.15) is 18.3 Å². The number of ether oxygens (including phenoxy) is 1. The van der Waals surface area contributed by atoms with Gasteiger partial charge in [-0.3, -0.25) is 5.10 Å². The Morgan fingerprint density at radius 1 is 1.22 bits per heavy atom. The minimum Gasteiger partial charge on any atom is -0.493 e. The molecule has 0 aliphatic rings. The number of aromatic amines is 1. The van der Waals surface area contributed by atoms with Crippen molar-refractivity contribution in [2.24, 2.45) is 5.92 Å². The van der Waals surface area contributed by atoms with Crippen LogP contribution < -0.4 is 4.74 Å². The predicted molar refractivity (Wildman–Crippen MR) is 101 cm³/mol. The number of nitrogens with zero attached hydrogens (tertiary/aromatic N) is 2. The van der Waals surface area contributed by atoms with Gasteiger partial charge < -0.3 is 9.64 Å². The van der Waals surface area contributed by atoms with Gasteiger partial charge in [-0.25, -0.2) is 0 Å². The summed E-state index contributed by atoms with van der Waals surface area (Å²) in [7, 11) is 2.00. The molecule has 2 rings (SSSR count). The highest BCUT2D eigenvalue weighted by molar-refractivity contribution is 5.65. The lowest BCUT2D eigenvalue weighted by Gasteiger charge is -2.17. The third-order valence-electron chi connectivity index (χ3n) is 4.16. The average Bonchev–Trinajstić information content (AvgIpc) is 3.05. The van der Waals surface area contributed by atoms with E-state index in [4.69, 9.17) is 4.74 Å². The fourth-order valence-electron chi connectivity index (χ4n) is 2.73. The summed E-state index contributed by atoms with van der Waals surface area (Å²) in [6, 6.07) is 3.83. The number of benzene rings is 1. The van der Waals surface area contributed by atoms with E-state index in [-0.39, 0.29) is 11.7 Å². The summed E-state index contributed by atoms with van der Waals surface area (Å²) in [6.07, 6.45) is -0.607. The minimum atomic E-state index is -4.44. The van der Waals surface area contributed by atoms with Crippen molar-refractivity contribution in [3.05, 3.63) is 35.5 Å². The summed E-state index contributed by atoms with van der Waals surface area (Å²) in [6.45, 7) is 7.92. The Labute approximate surface area is 158 Å². The van der Waals surface area contributed by atoms with Crippen LogP contribution in [-0.4, -0.2) is 35.3 Å². The second-order valence-electron chi connectivity index (χ2n) is 7.31. The van der Waals surface area contributed by atoms with Crippen LogP contribution in [-0.2, 0) is 12.7 Å². The lowest BCUT2D eigenvalue weighted by Crippen LogP contribution is -2.19. The van der Waals surface area contributed by atoms with Gasteiger partial charge in [-0.15, -0.1) is 0 Å². The van der Waals surface area contributed by atoms with Crippen molar-refractivity contribution < 1.29 is 17.9 Å². The summed E-state index contributed by atoms with van der Waals surface area (Å²) >= 11 is 0. The van der Waals surface area contributed by atoms with Crippen LogP contribution in [0.15, 0.2) is 24.4 Å². The summed E-state index contributed by atoms with van der Waals surface area (Å²) in [5, 5.41) is 6.91. The topological polar surface area (TPSA) is 41.2 Å². The SMILES string of the molecule is CCCCN(C)Cc1cn[nH]c1-c1cc(OCC(C)C)cc(C(F)(F)F)c1. The highest BCUT2D eigenvalue weighted by Gasteiger charge is 2.32. The number of H-pyrrole nitrogens is 1. The number of aromatic nitrogens is 2. The molecule has 0 fully saturated rings. The highest BCUT2D eigenvalue weighted by Crippen LogP contribution is 2.36. The summed E-state index contributed by atoms with van der Waals surface area (Å²) in [4.78, 5) is 2.14. The first-order valence-corrected chi connectivity index (χ1v) is 9.27. The Hall–Kier alpha value is -2.02. The first kappa shape index (κ1) is 21.3. The molecule has 0 aliphatic carbocycles. The molecule has 150 valence electrons. The fraction of sp³-hybridized carbons (Fsp3) is 0.550. The normalized spacial score (nSPS) is 12.2. The molecule has 0 aliphatic heterocycles. The van der Waals surface area contributed by atoms with Crippen molar-refractivity contribution in [3.8, 4) is 17.0 Å². The molecular weight excluding hydrogens is 355 g/mol. The van der Waals surface area contributed by atoms with E-state index >= 15 is 0 Å². The maximum Gasteiger partial charge on any atom is 0.416 e. The highest BCUT2D eigenvalue weighted by atomic mass is 19.4. The Morgan fingerprint density at radius 2 is 1.96 bits per heavy atom. The molecule has 1 N–H and O–H groups in total. The molecular formula is C20H28F3N3O. The van der Waals surface area contributed by atoms with E-state index in [1.54, 1.807) is 12.3 Å². The van der Waals surface area contributed by atoms with Crippen molar-refractivity contribution in [1.29, 1.82) is 0 Å². The second-order valence-corrected chi connectivity index (χ2v) is 7.31. The number of nitrogens with one attached hydrogen (secondary N) is 1. The van der Waals surface area contributed by atoms with Crippen molar-refractivity contribution in [2.45, 2.75) is 46.3 Å². The minimum absolute atomic E-state index is 0.216. The molecule has 7 heteroatoms. The maximum atomic E-state index is 13.3. The summed E-state index contributed by atoms with van der Waals surface area (Å²) < 4.78 is 45.6. The van der Waals surface area contributed by atoms with Gasteiger partial charge in [0.1, 0.15) is 5.75 Å². The molecule has 1 aromatic carbocycles. The van der Waals surface area contributed by atoms with Crippen molar-refractivity contribution in [1.82, 2.24) is 15.1 Å². The zero-order valence-electron chi connectivity index (χ0n) is 16.4. The molecule has 1 aromatic heterocycles. The predicted octanol–water partition coefficient (Wildman–Crippen LogP) is 5.36. The lowest BCUT2D eigenvalue weighted by molar-refractivity contribution is -0.137. The van der Waals surface area contributed by atoms with E-state index in [0.29, 0.717) is 24.4 Å². The van der Waals surface area contributed by atoms with Crippen molar-refractivity contribution >= 4 is 0 Å². The maximum absolute atomic E-state index is 13.3. The largest absolute Gasteiger partial charge is 0.493 e. The monoisotopic (exact) mass is 383 g/mol. The van der Waals surface area contributed by atoms with Gasteiger partial charge in [0.15, 0.2) is 0 Å². The molecule has 27 heavy (non-hydrogen) atoms. The van der Waals surface area contributed by atoms with Crippen LogP contribution >= 0.6 is 0 Å². The summed E-state index contributed by atoms with van der Waals surface area (Å²) in [5.41, 5.74) is 1.17. The van der Waals surface area contributed by atoms with E-state index in [0.717, 1.165) is 37.1 Å². The van der Waals surface area contributed by atoms with Crippen LogP contribution in [0.5, 0.6) is 5.75 Å². The Balaban J connectivity index is 2.34. The van der Waals surface area contributed by atoms with Crippen LogP contribution in [0.2, 0.25) is 0 Å². The van der Waals surface area contributed by atoms with Gasteiger partial charge in [0.2, 0.25) is 0 Å². The number of alkyl halides is 3. The van der Waals surface area contributed by atoms with Gasteiger partial charge in [-0.05, 0) is 44.1 Å². The van der Waals surface area contributed by atoms with Crippen LogP contribution in [0.3, 0.4) is 0 Å². The van der Waals surface area contributed by atoms with Crippen LogP contribution in [0, 0.1) is 5.92 Å². The molecule has 1 heterocycles. The van der Waals surface area contributed by atoms with E-state index in [1.165, 1.54) is 0 Å². The van der Waals surface area contributed by atoms with Crippen molar-refractivity contribution in [3.63, 3.8) is 0 Å². The number of rotatable bonds is 9. The molecule has 2 aromatic rings. The van der Waals surface area contributed by atoms with Crippen LogP contribution in [0.25, 0.3) is 11.3 Å². The third-order valence-corrected chi connectivity index (χ3v) is 4.16. The van der Waals surface area contributed by atoms with Gasteiger partial charge in [-0.1, -0.05) is 27.2 Å².